The van der Waals surface area contributed by atoms with Crippen LogP contribution >= 0.6 is 0 Å². The van der Waals surface area contributed by atoms with Crippen molar-refractivity contribution in [2.24, 2.45) is 0 Å². The summed E-state index contributed by atoms with van der Waals surface area (Å²) in [5.74, 6) is 0.0820. The number of amides is 1. The molecule has 0 saturated heterocycles. The lowest BCUT2D eigenvalue weighted by atomic mass is 10.1. The Morgan fingerprint density at radius 2 is 1.80 bits per heavy atom. The van der Waals surface area contributed by atoms with Crippen LogP contribution in [-0.2, 0) is 11.2 Å². The second-order valence-corrected chi connectivity index (χ2v) is 4.96. The van der Waals surface area contributed by atoms with Crippen molar-refractivity contribution in [3.63, 3.8) is 0 Å². The third kappa shape index (κ3) is 4.35. The predicted octanol–water partition coefficient (Wildman–Crippen LogP) is 2.50. The molecule has 0 radical (unpaired) electrons. The minimum absolute atomic E-state index is 0.0820. The fraction of sp³-hybridized carbons (Fsp3) is 0.353. The topological polar surface area (TPSA) is 41.1 Å². The molecule has 0 bridgehead atoms. The van der Waals surface area contributed by atoms with Crippen molar-refractivity contribution in [3.05, 3.63) is 48.0 Å². The second kappa shape index (κ2) is 7.65. The smallest absolute Gasteiger partial charge is 0.224 e. The van der Waals surface area contributed by atoms with E-state index in [1.54, 1.807) is 0 Å². The molecule has 106 valence electrons. The third-order valence-electron chi connectivity index (χ3n) is 3.23. The number of carbonyl (C=O) groups excluding carboxylic acids is 1. The Bertz CT molecular complexity index is 566. The SMILES string of the molecule is CCCNCCNC(=O)Cc1ccc2ccccc2c1. The van der Waals surface area contributed by atoms with Crippen LogP contribution in [0.1, 0.15) is 18.9 Å². The molecule has 1 amide bonds. The number of hydrogen-bond donors (Lipinski definition) is 2. The van der Waals surface area contributed by atoms with Gasteiger partial charge in [0.05, 0.1) is 6.42 Å². The Kier molecular flexibility index (Phi) is 5.56. The van der Waals surface area contributed by atoms with E-state index in [-0.39, 0.29) is 5.91 Å². The van der Waals surface area contributed by atoms with Gasteiger partial charge in [0.1, 0.15) is 0 Å². The molecule has 0 heterocycles. The molecule has 0 aliphatic carbocycles. The van der Waals surface area contributed by atoms with Gasteiger partial charge in [0.25, 0.3) is 0 Å². The van der Waals surface area contributed by atoms with Gasteiger partial charge in [-0.1, -0.05) is 49.4 Å². The number of fused-ring (bicyclic) bond motifs is 1. The summed E-state index contributed by atoms with van der Waals surface area (Å²) in [4.78, 5) is 11.8. The number of nitrogens with one attached hydrogen (secondary N) is 2. The maximum atomic E-state index is 11.8. The average Bonchev–Trinajstić information content (AvgIpc) is 2.47. The molecule has 2 rings (SSSR count). The standard InChI is InChI=1S/C17H22N2O/c1-2-9-18-10-11-19-17(20)13-14-7-8-15-5-3-4-6-16(15)12-14/h3-8,12,18H,2,9-11,13H2,1H3,(H,19,20). The maximum absolute atomic E-state index is 11.8. The van der Waals surface area contributed by atoms with E-state index in [4.69, 9.17) is 0 Å². The van der Waals surface area contributed by atoms with Gasteiger partial charge in [-0.15, -0.1) is 0 Å². The highest BCUT2D eigenvalue weighted by Crippen LogP contribution is 2.15. The molecule has 20 heavy (non-hydrogen) atoms. The quantitative estimate of drug-likeness (QED) is 0.759. The van der Waals surface area contributed by atoms with E-state index >= 15 is 0 Å². The van der Waals surface area contributed by atoms with Gasteiger partial charge in [0, 0.05) is 13.1 Å². The summed E-state index contributed by atoms with van der Waals surface area (Å²) in [6.07, 6.45) is 1.56. The number of benzene rings is 2. The summed E-state index contributed by atoms with van der Waals surface area (Å²) in [7, 11) is 0. The van der Waals surface area contributed by atoms with Crippen molar-refractivity contribution in [1.29, 1.82) is 0 Å². The molecule has 0 aliphatic heterocycles. The van der Waals surface area contributed by atoms with E-state index in [0.717, 1.165) is 25.1 Å². The van der Waals surface area contributed by atoms with E-state index in [0.29, 0.717) is 13.0 Å². The van der Waals surface area contributed by atoms with Gasteiger partial charge >= 0.3 is 0 Å². The second-order valence-electron chi connectivity index (χ2n) is 4.96. The molecule has 3 heteroatoms. The lowest BCUT2D eigenvalue weighted by Crippen LogP contribution is -2.32. The van der Waals surface area contributed by atoms with Crippen LogP contribution in [0.15, 0.2) is 42.5 Å². The normalized spacial score (nSPS) is 10.7. The van der Waals surface area contributed by atoms with E-state index in [9.17, 15) is 4.79 Å². The maximum Gasteiger partial charge on any atom is 0.224 e. The van der Waals surface area contributed by atoms with Crippen molar-refractivity contribution in [2.75, 3.05) is 19.6 Å². The molecule has 0 atom stereocenters. The zero-order valence-electron chi connectivity index (χ0n) is 12.0. The van der Waals surface area contributed by atoms with Crippen LogP contribution in [0.2, 0.25) is 0 Å². The summed E-state index contributed by atoms with van der Waals surface area (Å²) in [5.41, 5.74) is 1.06. The van der Waals surface area contributed by atoms with Crippen molar-refractivity contribution < 1.29 is 4.79 Å². The van der Waals surface area contributed by atoms with Crippen LogP contribution in [0.5, 0.6) is 0 Å². The van der Waals surface area contributed by atoms with E-state index in [1.807, 2.05) is 18.2 Å². The van der Waals surface area contributed by atoms with Gasteiger partial charge in [0.2, 0.25) is 5.91 Å². The van der Waals surface area contributed by atoms with Gasteiger partial charge in [-0.2, -0.15) is 0 Å². The summed E-state index contributed by atoms with van der Waals surface area (Å²) < 4.78 is 0. The minimum atomic E-state index is 0.0820. The lowest BCUT2D eigenvalue weighted by Gasteiger charge is -2.07. The van der Waals surface area contributed by atoms with Gasteiger partial charge < -0.3 is 10.6 Å². The molecular formula is C17H22N2O. The Hall–Kier alpha value is -1.87. The highest BCUT2D eigenvalue weighted by molar-refractivity contribution is 5.85. The molecule has 2 N–H and O–H groups in total. The largest absolute Gasteiger partial charge is 0.355 e. The molecule has 0 aliphatic rings. The van der Waals surface area contributed by atoms with E-state index < -0.39 is 0 Å². The van der Waals surface area contributed by atoms with Crippen LogP contribution in [0.4, 0.5) is 0 Å². The number of carbonyl (C=O) groups is 1. The molecular weight excluding hydrogens is 248 g/mol. The van der Waals surface area contributed by atoms with Crippen molar-refractivity contribution in [3.8, 4) is 0 Å². The monoisotopic (exact) mass is 270 g/mol. The van der Waals surface area contributed by atoms with Crippen molar-refractivity contribution >= 4 is 16.7 Å². The third-order valence-corrected chi connectivity index (χ3v) is 3.23. The van der Waals surface area contributed by atoms with Crippen LogP contribution in [-0.4, -0.2) is 25.5 Å². The van der Waals surface area contributed by atoms with E-state index in [2.05, 4.69) is 41.8 Å². The Morgan fingerprint density at radius 3 is 2.60 bits per heavy atom. The molecule has 0 unspecified atom stereocenters. The zero-order chi connectivity index (χ0) is 14.2. The minimum Gasteiger partial charge on any atom is -0.355 e. The summed E-state index contributed by atoms with van der Waals surface area (Å²) in [5, 5.41) is 8.59. The first-order valence-corrected chi connectivity index (χ1v) is 7.24. The fourth-order valence-corrected chi connectivity index (χ4v) is 2.19. The average molecular weight is 270 g/mol. The van der Waals surface area contributed by atoms with Crippen molar-refractivity contribution in [1.82, 2.24) is 10.6 Å². The molecule has 0 spiro atoms. The Balaban J connectivity index is 1.83. The van der Waals surface area contributed by atoms with Crippen LogP contribution in [0.25, 0.3) is 10.8 Å². The first-order chi connectivity index (χ1) is 9.79. The summed E-state index contributed by atoms with van der Waals surface area (Å²) in [6.45, 7) is 4.65. The summed E-state index contributed by atoms with van der Waals surface area (Å²) in [6, 6.07) is 14.4. The lowest BCUT2D eigenvalue weighted by molar-refractivity contribution is -0.120. The molecule has 0 saturated carbocycles. The van der Waals surface area contributed by atoms with E-state index in [1.165, 1.54) is 10.8 Å². The number of rotatable bonds is 7. The Labute approximate surface area is 120 Å². The zero-order valence-corrected chi connectivity index (χ0v) is 12.0. The molecule has 2 aromatic carbocycles. The molecule has 0 fully saturated rings. The highest BCUT2D eigenvalue weighted by Gasteiger charge is 2.03. The Morgan fingerprint density at radius 1 is 1.00 bits per heavy atom. The van der Waals surface area contributed by atoms with Crippen molar-refractivity contribution in [2.45, 2.75) is 19.8 Å². The molecule has 3 nitrogen and oxygen atoms in total. The predicted molar refractivity (Wildman–Crippen MR) is 83.8 cm³/mol. The number of hydrogen-bond acceptors (Lipinski definition) is 2. The van der Waals surface area contributed by atoms with Crippen LogP contribution in [0.3, 0.4) is 0 Å². The van der Waals surface area contributed by atoms with Gasteiger partial charge in [-0.3, -0.25) is 4.79 Å². The first kappa shape index (κ1) is 14.5. The fourth-order valence-electron chi connectivity index (χ4n) is 2.19. The van der Waals surface area contributed by atoms with Crippen LogP contribution < -0.4 is 10.6 Å². The van der Waals surface area contributed by atoms with Gasteiger partial charge in [-0.05, 0) is 29.3 Å². The van der Waals surface area contributed by atoms with Gasteiger partial charge in [-0.25, -0.2) is 0 Å². The summed E-state index contributed by atoms with van der Waals surface area (Å²) >= 11 is 0. The first-order valence-electron chi connectivity index (χ1n) is 7.24. The van der Waals surface area contributed by atoms with Crippen LogP contribution in [0, 0.1) is 0 Å². The highest BCUT2D eigenvalue weighted by atomic mass is 16.1. The van der Waals surface area contributed by atoms with Gasteiger partial charge in [0.15, 0.2) is 0 Å². The molecule has 2 aromatic rings. The molecule has 0 aromatic heterocycles.